The predicted molar refractivity (Wildman–Crippen MR) is 17.8 cm³/mol. The fraction of sp³-hybridized carbons (Fsp3) is 0. The van der Waals surface area contributed by atoms with Gasteiger partial charge in [0, 0.05) is 0 Å². The minimum Gasteiger partial charge on any atom is -0.0149 e. The van der Waals surface area contributed by atoms with Crippen molar-refractivity contribution in [2.45, 2.75) is 0 Å². The van der Waals surface area contributed by atoms with Gasteiger partial charge in [-0.05, 0) is 11.0 Å². The van der Waals surface area contributed by atoms with Gasteiger partial charge in [0.25, 0.3) is 0 Å². The van der Waals surface area contributed by atoms with E-state index in [1.165, 1.54) is 0 Å². The molecule has 0 aliphatic heterocycles. The molecule has 3 nitrogen and oxygen atoms in total. The summed E-state index contributed by atoms with van der Waals surface area (Å²) in [5, 5.41) is 0. The normalized spacial score (nSPS) is 4.33. The third kappa shape index (κ3) is 35.5. The smallest absolute Gasteiger partial charge is 0.0149 e. The second kappa shape index (κ2) is 10.2. The monoisotopic (exact) mass is 216 g/mol. The molecule has 0 heterocycles. The molecular formula is H4O3SiSrTi. The molecule has 0 fully saturated rings. The van der Waals surface area contributed by atoms with Gasteiger partial charge in [0.05, 0.1) is 0 Å². The summed E-state index contributed by atoms with van der Waals surface area (Å²) in [5.41, 5.74) is 0. The van der Waals surface area contributed by atoms with Gasteiger partial charge in [-0.3, -0.25) is 0 Å². The Labute approximate surface area is 84.1 Å². The fourth-order valence-corrected chi connectivity index (χ4v) is 0. The Kier molecular flexibility index (Phi) is 26.7. The first-order chi connectivity index (χ1) is 1.73. The van der Waals surface area contributed by atoms with Crippen LogP contribution < -0.4 is 7.38 Å². The van der Waals surface area contributed by atoms with E-state index in [4.69, 9.17) is 10.7 Å². The third-order valence-electron chi connectivity index (χ3n) is 0. The van der Waals surface area contributed by atoms with Crippen molar-refractivity contribution >= 4 is 56.4 Å². The minimum atomic E-state index is -4.08. The van der Waals surface area contributed by atoms with E-state index in [1.807, 2.05) is 0 Å². The molecule has 0 aliphatic carbocycles. The molecule has 0 bridgehead atoms. The summed E-state index contributed by atoms with van der Waals surface area (Å²) in [6.45, 7) is 0. The number of hydrogen-bond acceptors (Lipinski definition) is 3. The maximum absolute atomic E-state index is 8.58. The van der Waals surface area contributed by atoms with Gasteiger partial charge in [0.2, 0.25) is 0 Å². The summed E-state index contributed by atoms with van der Waals surface area (Å²) in [4.78, 5) is 0. The molecule has 0 spiro atoms. The molecule has 0 rings (SSSR count). The van der Waals surface area contributed by atoms with E-state index in [-0.39, 0.29) is 56.4 Å². The maximum atomic E-state index is 8.58. The zero-order valence-corrected chi connectivity index (χ0v) is 7.47. The van der Waals surface area contributed by atoms with Gasteiger partial charge in [-0.15, -0.1) is 0 Å². The van der Waals surface area contributed by atoms with E-state index in [2.05, 4.69) is 0 Å². The second-order valence-corrected chi connectivity index (χ2v) is 1.03. The largest absolute Gasteiger partial charge is 2.00 e. The summed E-state index contributed by atoms with van der Waals surface area (Å²) in [7, 11) is 0. The van der Waals surface area contributed by atoms with E-state index in [0.717, 1.165) is 0 Å². The Morgan fingerprint density at radius 1 is 1.33 bits per heavy atom. The number of rotatable bonds is 0. The van der Waals surface area contributed by atoms with Crippen LogP contribution in [-0.4, -0.2) is 56.4 Å². The summed E-state index contributed by atoms with van der Waals surface area (Å²) in [6.07, 6.45) is 0. The van der Waals surface area contributed by atoms with Crippen LogP contribution in [0.3, 0.4) is 0 Å². The van der Waals surface area contributed by atoms with Gasteiger partial charge < -0.3 is 0 Å². The Hall–Kier alpha value is 2.13. The molecule has 0 saturated carbocycles. The van der Waals surface area contributed by atoms with Crippen molar-refractivity contribution in [3.05, 3.63) is 0 Å². The van der Waals surface area contributed by atoms with E-state index in [0.29, 0.717) is 0 Å². The quantitative estimate of drug-likeness (QED) is 0.384. The second-order valence-electron chi connectivity index (χ2n) is 0.250. The van der Waals surface area contributed by atoms with Crippen LogP contribution >= 0.6 is 0 Å². The summed E-state index contributed by atoms with van der Waals surface area (Å²) in [6, 6.07) is 0. The van der Waals surface area contributed by atoms with Crippen LogP contribution in [0.1, 0.15) is 0 Å². The minimum absolute atomic E-state index is 0. The molecule has 6 heteroatoms. The Morgan fingerprint density at radius 2 is 1.33 bits per heavy atom. The molecule has 32 valence electrons. The van der Waals surface area contributed by atoms with Gasteiger partial charge in [0.1, 0.15) is 0 Å². The van der Waals surface area contributed by atoms with Crippen molar-refractivity contribution in [3.63, 3.8) is 0 Å². The molecule has 0 atom stereocenters. The molecule has 0 N–H and O–H groups in total. The Bertz CT molecular complexity index is 33.8. The van der Waals surface area contributed by atoms with Crippen LogP contribution in [0.25, 0.3) is 0 Å². The molecule has 0 amide bonds. The third-order valence-corrected chi connectivity index (χ3v) is 0. The van der Waals surface area contributed by atoms with Gasteiger partial charge in [-0.25, -0.2) is 0 Å². The standard InChI is InChI=1S/3O.H4Si.Sr.Ti/h;;;1H4;;/q;2*-1;;+2;. The summed E-state index contributed by atoms with van der Waals surface area (Å²) in [5.74, 6) is 0. The van der Waals surface area contributed by atoms with Crippen LogP contribution in [0.2, 0.25) is 0 Å². The van der Waals surface area contributed by atoms with Crippen LogP contribution in [0.5, 0.6) is 0 Å². The molecule has 0 radical (unpaired) electrons. The average molecular weight is 216 g/mol. The van der Waals surface area contributed by atoms with Gasteiger partial charge in [0.15, 0.2) is 0 Å². The zero-order chi connectivity index (χ0) is 3.58. The molecule has 0 aromatic carbocycles. The maximum Gasteiger partial charge on any atom is 2.00 e. The first kappa shape index (κ1) is 15.7. The first-order valence-corrected chi connectivity index (χ1v) is 2.52. The van der Waals surface area contributed by atoms with Crippen LogP contribution in [0, 0.1) is 0 Å². The van der Waals surface area contributed by atoms with Crippen molar-refractivity contribution < 1.29 is 29.3 Å². The molecule has 0 aromatic heterocycles. The SMILES string of the molecule is [O]=[Ti]([O-])[O-].[SiH4].[Sr+2]. The van der Waals surface area contributed by atoms with Crippen LogP contribution in [0.4, 0.5) is 0 Å². The van der Waals surface area contributed by atoms with Crippen molar-refractivity contribution in [3.8, 4) is 0 Å². The molecule has 0 saturated heterocycles. The van der Waals surface area contributed by atoms with Crippen molar-refractivity contribution in [1.82, 2.24) is 0 Å². The van der Waals surface area contributed by atoms with Crippen molar-refractivity contribution in [2.75, 3.05) is 0 Å². The van der Waals surface area contributed by atoms with Crippen LogP contribution in [0.15, 0.2) is 0 Å². The Morgan fingerprint density at radius 3 is 1.33 bits per heavy atom. The average Bonchev–Trinajstić information content (AvgIpc) is 0.811. The molecule has 0 unspecified atom stereocenters. The first-order valence-electron chi connectivity index (χ1n) is 0.612. The van der Waals surface area contributed by atoms with Crippen LogP contribution in [-0.2, 0) is 21.9 Å². The van der Waals surface area contributed by atoms with E-state index in [1.54, 1.807) is 0 Å². The Balaban J connectivity index is -0.0000000450. The fourth-order valence-electron chi connectivity index (χ4n) is 0. The number of hydrogen-bond donors (Lipinski definition) is 0. The molecule has 6 heavy (non-hydrogen) atoms. The topological polar surface area (TPSA) is 63.2 Å². The zero-order valence-electron chi connectivity index (χ0n) is 2.43. The summed E-state index contributed by atoms with van der Waals surface area (Å²) >= 11 is -4.08. The summed E-state index contributed by atoms with van der Waals surface area (Å²) < 4.78 is 25.8. The van der Waals surface area contributed by atoms with E-state index in [9.17, 15) is 0 Å². The van der Waals surface area contributed by atoms with E-state index >= 15 is 0 Å². The van der Waals surface area contributed by atoms with Gasteiger partial charge in [-0.2, -0.15) is 0 Å². The molecular weight excluding hydrogens is 212 g/mol. The van der Waals surface area contributed by atoms with E-state index < -0.39 is 18.6 Å². The predicted octanol–water partition coefficient (Wildman–Crippen LogP) is -4.33. The van der Waals surface area contributed by atoms with Crippen molar-refractivity contribution in [1.29, 1.82) is 0 Å². The molecule has 0 aliphatic rings. The van der Waals surface area contributed by atoms with Gasteiger partial charge >= 0.3 is 74.8 Å². The molecule has 0 aromatic rings. The van der Waals surface area contributed by atoms with Crippen molar-refractivity contribution in [2.24, 2.45) is 0 Å². The van der Waals surface area contributed by atoms with Gasteiger partial charge in [-0.1, -0.05) is 0 Å².